The number of amides is 2. The zero-order chi connectivity index (χ0) is 20.4. The minimum Gasteiger partial charge on any atom is -0.470 e. The molecule has 4 rings (SSSR count). The van der Waals surface area contributed by atoms with Gasteiger partial charge < -0.3 is 9.64 Å². The number of carbonyl (C=O) groups is 3. The number of hydrogen-bond acceptors (Lipinski definition) is 6. The van der Waals surface area contributed by atoms with Gasteiger partial charge in [-0.3, -0.25) is 19.2 Å². The molecule has 0 bridgehead atoms. The van der Waals surface area contributed by atoms with E-state index in [1.807, 2.05) is 36.4 Å². The van der Waals surface area contributed by atoms with E-state index in [-0.39, 0.29) is 29.9 Å². The van der Waals surface area contributed by atoms with Gasteiger partial charge in [0, 0.05) is 11.8 Å². The van der Waals surface area contributed by atoms with Gasteiger partial charge in [-0.1, -0.05) is 42.5 Å². The van der Waals surface area contributed by atoms with Crippen LogP contribution in [0.1, 0.15) is 22.8 Å². The Bertz CT molecular complexity index is 992. The molecule has 0 spiro atoms. The number of fused-ring (bicyclic) bond motifs is 1. The second kappa shape index (κ2) is 8.10. The van der Waals surface area contributed by atoms with Gasteiger partial charge in [0.15, 0.2) is 6.23 Å². The molecule has 2 aliphatic heterocycles. The first-order chi connectivity index (χ1) is 14.0. The van der Waals surface area contributed by atoms with Gasteiger partial charge in [0.1, 0.15) is 11.4 Å². The fourth-order valence-corrected chi connectivity index (χ4v) is 3.77. The summed E-state index contributed by atoms with van der Waals surface area (Å²) >= 11 is 0.583. The van der Waals surface area contributed by atoms with Gasteiger partial charge in [-0.25, -0.2) is 0 Å². The molecule has 1 saturated heterocycles. The maximum Gasteiger partial charge on any atom is 0.318 e. The quantitative estimate of drug-likeness (QED) is 0.702. The van der Waals surface area contributed by atoms with E-state index in [0.717, 1.165) is 10.6 Å². The fourth-order valence-electron chi connectivity index (χ4n) is 3.13. The predicted molar refractivity (Wildman–Crippen MR) is 108 cm³/mol. The number of hydroxylamine groups is 2. The van der Waals surface area contributed by atoms with Crippen molar-refractivity contribution in [1.29, 1.82) is 0 Å². The average Bonchev–Trinajstić information content (AvgIpc) is 2.98. The maximum atomic E-state index is 12.7. The predicted octanol–water partition coefficient (Wildman–Crippen LogP) is 3.54. The van der Waals surface area contributed by atoms with Crippen molar-refractivity contribution < 1.29 is 24.0 Å². The minimum absolute atomic E-state index is 0.0350. The molecule has 8 heteroatoms. The number of carbonyl (C=O) groups excluding carboxylic acids is 3. The molecule has 2 heterocycles. The second-order valence-corrected chi connectivity index (χ2v) is 7.36. The highest BCUT2D eigenvalue weighted by Crippen LogP contribution is 2.31. The number of benzene rings is 2. The summed E-state index contributed by atoms with van der Waals surface area (Å²) in [6.45, 7) is 2.01. The van der Waals surface area contributed by atoms with E-state index in [4.69, 9.17) is 9.57 Å². The van der Waals surface area contributed by atoms with E-state index in [2.05, 4.69) is 0 Å². The maximum absolute atomic E-state index is 12.7. The highest BCUT2D eigenvalue weighted by molar-refractivity contribution is 8.27. The fraction of sp³-hybridized carbons (Fsp3) is 0.190. The molecule has 148 valence electrons. The zero-order valence-electron chi connectivity index (χ0n) is 15.6. The molecule has 0 saturated carbocycles. The van der Waals surface area contributed by atoms with Crippen LogP contribution in [0, 0.1) is 0 Å². The van der Waals surface area contributed by atoms with Crippen molar-refractivity contribution in [3.05, 3.63) is 71.4 Å². The molecule has 29 heavy (non-hydrogen) atoms. The highest BCUT2D eigenvalue weighted by atomic mass is 32.2. The normalized spacial score (nSPS) is 20.2. The smallest absolute Gasteiger partial charge is 0.318 e. The van der Waals surface area contributed by atoms with Gasteiger partial charge in [-0.15, -0.1) is 0 Å². The van der Waals surface area contributed by atoms with Crippen LogP contribution in [0.25, 0.3) is 6.08 Å². The van der Waals surface area contributed by atoms with Crippen molar-refractivity contribution in [2.24, 2.45) is 0 Å². The van der Waals surface area contributed by atoms with Gasteiger partial charge in [0.2, 0.25) is 5.12 Å². The van der Waals surface area contributed by atoms with Crippen LogP contribution in [0.4, 0.5) is 4.79 Å². The van der Waals surface area contributed by atoms with Crippen LogP contribution in [0.15, 0.2) is 60.3 Å². The van der Waals surface area contributed by atoms with E-state index in [1.165, 1.54) is 4.90 Å². The average molecular weight is 410 g/mol. The first-order valence-corrected chi connectivity index (χ1v) is 9.89. The van der Waals surface area contributed by atoms with Crippen molar-refractivity contribution >= 4 is 34.1 Å². The molecule has 2 aromatic carbocycles. The van der Waals surface area contributed by atoms with Crippen molar-refractivity contribution in [1.82, 2.24) is 9.96 Å². The van der Waals surface area contributed by atoms with Crippen LogP contribution in [0.5, 0.6) is 5.75 Å². The summed E-state index contributed by atoms with van der Waals surface area (Å²) in [6.07, 6.45) is 1.14. The van der Waals surface area contributed by atoms with Crippen molar-refractivity contribution in [3.63, 3.8) is 0 Å². The Hall–Kier alpha value is -3.10. The lowest BCUT2D eigenvalue weighted by Crippen LogP contribution is -2.47. The Labute approximate surface area is 171 Å². The van der Waals surface area contributed by atoms with Crippen molar-refractivity contribution in [3.8, 4) is 5.75 Å². The van der Waals surface area contributed by atoms with Gasteiger partial charge >= 0.3 is 5.24 Å². The summed E-state index contributed by atoms with van der Waals surface area (Å²) in [4.78, 5) is 44.2. The Kier molecular flexibility index (Phi) is 5.37. The molecule has 1 fully saturated rings. The number of hydrogen-bond donors (Lipinski definition) is 0. The van der Waals surface area contributed by atoms with E-state index in [1.54, 1.807) is 31.2 Å². The summed E-state index contributed by atoms with van der Waals surface area (Å²) < 4.78 is 5.78. The van der Waals surface area contributed by atoms with E-state index >= 15 is 0 Å². The monoisotopic (exact) mass is 410 g/mol. The van der Waals surface area contributed by atoms with Crippen LogP contribution >= 0.6 is 11.8 Å². The van der Waals surface area contributed by atoms with E-state index in [9.17, 15) is 14.4 Å². The summed E-state index contributed by atoms with van der Waals surface area (Å²) in [5, 5.41) is 0.115. The summed E-state index contributed by atoms with van der Waals surface area (Å²) in [7, 11) is 0. The van der Waals surface area contributed by atoms with E-state index < -0.39 is 11.5 Å². The van der Waals surface area contributed by atoms with Gasteiger partial charge in [0.05, 0.1) is 18.7 Å². The summed E-state index contributed by atoms with van der Waals surface area (Å²) in [5.41, 5.74) is 1.42. The molecular weight excluding hydrogens is 392 g/mol. The zero-order valence-corrected chi connectivity index (χ0v) is 16.4. The topological polar surface area (TPSA) is 76.2 Å². The molecule has 0 N–H and O–H groups in total. The van der Waals surface area contributed by atoms with Crippen LogP contribution < -0.4 is 4.74 Å². The number of rotatable bonds is 5. The van der Waals surface area contributed by atoms with Crippen molar-refractivity contribution in [2.75, 3.05) is 13.2 Å². The third kappa shape index (κ3) is 3.90. The lowest BCUT2D eigenvalue weighted by Gasteiger charge is -2.34. The second-order valence-electron chi connectivity index (χ2n) is 6.44. The molecule has 0 aliphatic carbocycles. The Morgan fingerprint density at radius 1 is 1.07 bits per heavy atom. The third-order valence-electron chi connectivity index (χ3n) is 4.54. The summed E-state index contributed by atoms with van der Waals surface area (Å²) in [6, 6.07) is 16.2. The summed E-state index contributed by atoms with van der Waals surface area (Å²) in [5.74, 6) is 0.383. The lowest BCUT2D eigenvalue weighted by molar-refractivity contribution is -0.118. The van der Waals surface area contributed by atoms with Crippen LogP contribution in [0.2, 0.25) is 0 Å². The largest absolute Gasteiger partial charge is 0.470 e. The van der Waals surface area contributed by atoms with E-state index in [0.29, 0.717) is 23.1 Å². The Morgan fingerprint density at radius 3 is 2.59 bits per heavy atom. The molecule has 1 atom stereocenters. The Morgan fingerprint density at radius 2 is 1.79 bits per heavy atom. The number of thioether (sulfide) groups is 1. The molecule has 0 radical (unpaired) electrons. The van der Waals surface area contributed by atoms with Gasteiger partial charge in [0.25, 0.3) is 5.91 Å². The number of nitrogens with zero attached hydrogens (tertiary/aromatic N) is 2. The molecule has 2 aliphatic rings. The highest BCUT2D eigenvalue weighted by Gasteiger charge is 2.37. The first-order valence-electron chi connectivity index (χ1n) is 9.07. The molecule has 2 amide bonds. The molecule has 2 aromatic rings. The van der Waals surface area contributed by atoms with Gasteiger partial charge in [-0.2, -0.15) is 5.06 Å². The Balaban J connectivity index is 1.44. The van der Waals surface area contributed by atoms with Crippen LogP contribution in [0.3, 0.4) is 0 Å². The molecule has 0 aromatic heterocycles. The number of ether oxygens (including phenoxy) is 1. The first kappa shape index (κ1) is 19.2. The minimum atomic E-state index is -0.503. The molecular formula is C21H18N2O5S. The molecule has 7 nitrogen and oxygen atoms in total. The van der Waals surface area contributed by atoms with Crippen LogP contribution in [-0.4, -0.2) is 45.6 Å². The van der Waals surface area contributed by atoms with Crippen LogP contribution in [-0.2, 0) is 9.63 Å². The lowest BCUT2D eigenvalue weighted by atomic mass is 10.1. The standard InChI is InChI=1S/C21H18N2O5S/c1-14-22(19(24)16-9-5-6-10-18(16)28-14)11-12-27-23-17(20(25)29-21(23)26)13-15-7-3-2-4-8-15/h2-10,13-14H,11-12H2,1H3. The SMILES string of the molecule is CC1Oc2ccccc2C(=O)N1CCON1C(=O)SC(=O)C1=Cc1ccccc1. The van der Waals surface area contributed by atoms with Gasteiger partial charge in [-0.05, 0) is 30.7 Å². The third-order valence-corrected chi connectivity index (χ3v) is 5.28. The number of para-hydroxylation sites is 1. The van der Waals surface area contributed by atoms with Crippen molar-refractivity contribution in [2.45, 2.75) is 13.2 Å². The molecule has 1 unspecified atom stereocenters.